The summed E-state index contributed by atoms with van der Waals surface area (Å²) in [6.45, 7) is 4.16. The molecule has 174 valence electrons. The topological polar surface area (TPSA) is 119 Å². The van der Waals surface area contributed by atoms with Gasteiger partial charge in [-0.1, -0.05) is 41.4 Å². The number of aromatic hydroxyl groups is 1. The first-order valence-electron chi connectivity index (χ1n) is 10.5. The number of esters is 1. The Morgan fingerprint density at radius 2 is 1.88 bits per heavy atom. The maximum Gasteiger partial charge on any atom is 0.335 e. The largest absolute Gasteiger partial charge is 0.506 e. The molecule has 0 amide bonds. The van der Waals surface area contributed by atoms with Gasteiger partial charge >= 0.3 is 17.3 Å². The number of nitrogens with zero attached hydrogens (tertiary/aromatic N) is 3. The monoisotopic (exact) mass is 472 g/mol. The van der Waals surface area contributed by atoms with Crippen molar-refractivity contribution in [3.05, 3.63) is 85.2 Å². The van der Waals surface area contributed by atoms with Crippen molar-refractivity contribution in [3.63, 3.8) is 0 Å². The van der Waals surface area contributed by atoms with Gasteiger partial charge in [-0.3, -0.25) is 14.3 Å². The summed E-state index contributed by atoms with van der Waals surface area (Å²) in [5.74, 6) is -0.487. The third-order valence-corrected chi connectivity index (χ3v) is 5.18. The number of hydrogen-bond donors (Lipinski definition) is 2. The quantitative estimate of drug-likeness (QED) is 0.488. The summed E-state index contributed by atoms with van der Waals surface area (Å²) in [6.07, 6.45) is 0.367. The number of aryl methyl sites for hydroxylation is 1. The van der Waals surface area contributed by atoms with E-state index in [1.54, 1.807) is 6.92 Å². The lowest BCUT2D eigenvalue weighted by Crippen LogP contribution is -2.50. The van der Waals surface area contributed by atoms with Gasteiger partial charge in [0, 0.05) is 13.0 Å². The Balaban J connectivity index is 2.06. The van der Waals surface area contributed by atoms with E-state index in [4.69, 9.17) is 16.3 Å². The first-order valence-corrected chi connectivity index (χ1v) is 10.8. The summed E-state index contributed by atoms with van der Waals surface area (Å²) in [5, 5.41) is 9.73. The second-order valence-corrected chi connectivity index (χ2v) is 7.82. The van der Waals surface area contributed by atoms with Crippen LogP contribution in [0.5, 0.6) is 5.75 Å². The Morgan fingerprint density at radius 1 is 1.15 bits per heavy atom. The highest BCUT2D eigenvalue weighted by Crippen LogP contribution is 2.27. The molecule has 0 saturated carbocycles. The van der Waals surface area contributed by atoms with E-state index >= 15 is 0 Å². The summed E-state index contributed by atoms with van der Waals surface area (Å²) in [6, 6.07) is 11.9. The Bertz CT molecular complexity index is 1320. The predicted octanol–water partition coefficient (Wildman–Crippen LogP) is 2.63. The number of nitrogens with one attached hydrogen (secondary N) is 1. The minimum absolute atomic E-state index is 0.0361. The molecule has 0 spiro atoms. The van der Waals surface area contributed by atoms with Crippen LogP contribution >= 0.6 is 11.6 Å². The summed E-state index contributed by atoms with van der Waals surface area (Å²) in [4.78, 5) is 44.6. The van der Waals surface area contributed by atoms with Gasteiger partial charge in [-0.2, -0.15) is 0 Å². The number of phenols is 1. The predicted molar refractivity (Wildman–Crippen MR) is 124 cm³/mol. The van der Waals surface area contributed by atoms with E-state index in [0.717, 1.165) is 15.7 Å². The number of hydrogen-bond acceptors (Lipinski definition) is 6. The van der Waals surface area contributed by atoms with Crippen LogP contribution in [0.15, 0.2) is 57.0 Å². The van der Waals surface area contributed by atoms with Gasteiger partial charge in [0.1, 0.15) is 5.75 Å². The molecule has 33 heavy (non-hydrogen) atoms. The number of rotatable bonds is 8. The fraction of sp³-hybridized carbons (Fsp3) is 0.304. The normalized spacial score (nSPS) is 11.5. The van der Waals surface area contributed by atoms with Gasteiger partial charge in [-0.05, 0) is 44.0 Å². The van der Waals surface area contributed by atoms with E-state index in [2.05, 4.69) is 9.98 Å². The highest BCUT2D eigenvalue weighted by molar-refractivity contribution is 6.32. The molecule has 2 N–H and O–H groups in total. The van der Waals surface area contributed by atoms with Crippen molar-refractivity contribution in [3.8, 4) is 5.75 Å². The third-order valence-electron chi connectivity index (χ3n) is 4.88. The van der Waals surface area contributed by atoms with Crippen LogP contribution in [0, 0.1) is 6.92 Å². The van der Waals surface area contributed by atoms with Crippen molar-refractivity contribution in [1.82, 2.24) is 14.1 Å². The van der Waals surface area contributed by atoms with Crippen LogP contribution in [-0.2, 0) is 22.6 Å². The van der Waals surface area contributed by atoms with Crippen molar-refractivity contribution in [2.45, 2.75) is 39.8 Å². The second-order valence-electron chi connectivity index (χ2n) is 7.42. The first-order chi connectivity index (χ1) is 15.8. The van der Waals surface area contributed by atoms with Crippen LogP contribution in [0.4, 0.5) is 5.69 Å². The molecule has 0 aliphatic carbocycles. The molecule has 0 unspecified atom stereocenters. The summed E-state index contributed by atoms with van der Waals surface area (Å²) in [7, 11) is 0. The molecular formula is C23H25ClN4O5. The van der Waals surface area contributed by atoms with Crippen molar-refractivity contribution >= 4 is 23.3 Å². The molecule has 0 radical (unpaired) electrons. The maximum atomic E-state index is 13.3. The zero-order valence-electron chi connectivity index (χ0n) is 18.4. The van der Waals surface area contributed by atoms with Gasteiger partial charge in [0.15, 0.2) is 0 Å². The van der Waals surface area contributed by atoms with E-state index in [0.29, 0.717) is 5.69 Å². The molecule has 0 aliphatic rings. The number of aromatic nitrogens is 3. The second kappa shape index (κ2) is 10.8. The summed E-state index contributed by atoms with van der Waals surface area (Å²) >= 11 is 5.97. The number of benzene rings is 2. The molecule has 9 nitrogen and oxygen atoms in total. The van der Waals surface area contributed by atoms with Gasteiger partial charge in [0.25, 0.3) is 0 Å². The molecule has 3 rings (SSSR count). The van der Waals surface area contributed by atoms with E-state index < -0.39 is 11.4 Å². The molecule has 0 aliphatic heterocycles. The standard InChI is InChI=1S/C23H25ClN4O5/c1-3-33-20(30)5-4-12-27-22(31)26-21(25-17-10-11-19(29)18(24)13-17)28(23(27)32)14-16-8-6-15(2)7-9-16/h6-11,13,29H,3-5,12,14H2,1-2H3,(H,25,26,31). The van der Waals surface area contributed by atoms with Crippen LogP contribution in [0.2, 0.25) is 5.02 Å². The number of ether oxygens (including phenoxy) is 1. The lowest BCUT2D eigenvalue weighted by atomic mass is 10.1. The Kier molecular flexibility index (Phi) is 7.89. The molecule has 1 aromatic heterocycles. The minimum Gasteiger partial charge on any atom is -0.506 e. The van der Waals surface area contributed by atoms with Gasteiger partial charge in [-0.25, -0.2) is 19.1 Å². The molecule has 0 fully saturated rings. The number of halogens is 1. The van der Waals surface area contributed by atoms with Crippen LogP contribution in [-0.4, -0.2) is 31.8 Å². The van der Waals surface area contributed by atoms with Crippen LogP contribution in [0.25, 0.3) is 0 Å². The zero-order chi connectivity index (χ0) is 24.0. The van der Waals surface area contributed by atoms with Crippen molar-refractivity contribution < 1.29 is 14.6 Å². The van der Waals surface area contributed by atoms with E-state index in [1.165, 1.54) is 22.8 Å². The average Bonchev–Trinajstić information content (AvgIpc) is 2.77. The number of phenolic OH excluding ortho intramolecular Hbond substituents is 1. The lowest BCUT2D eigenvalue weighted by Gasteiger charge is -2.11. The average molecular weight is 473 g/mol. The molecule has 0 saturated heterocycles. The molecule has 1 heterocycles. The number of aromatic amines is 1. The first kappa shape index (κ1) is 24.1. The molecule has 0 bridgehead atoms. The number of carbonyl (C=O) groups is 1. The molecule has 0 atom stereocenters. The fourth-order valence-corrected chi connectivity index (χ4v) is 3.33. The lowest BCUT2D eigenvalue weighted by molar-refractivity contribution is -0.143. The van der Waals surface area contributed by atoms with Crippen LogP contribution < -0.4 is 17.0 Å². The van der Waals surface area contributed by atoms with Crippen LogP contribution in [0.3, 0.4) is 0 Å². The highest BCUT2D eigenvalue weighted by Gasteiger charge is 2.11. The number of H-pyrrole nitrogens is 1. The van der Waals surface area contributed by atoms with Gasteiger partial charge in [-0.15, -0.1) is 0 Å². The number of carbonyl (C=O) groups excluding carboxylic acids is 1. The molecule has 10 heteroatoms. The smallest absolute Gasteiger partial charge is 0.335 e. The van der Waals surface area contributed by atoms with Crippen molar-refractivity contribution in [1.29, 1.82) is 0 Å². The Morgan fingerprint density at radius 3 is 2.55 bits per heavy atom. The fourth-order valence-electron chi connectivity index (χ4n) is 3.16. The highest BCUT2D eigenvalue weighted by atomic mass is 35.5. The summed E-state index contributed by atoms with van der Waals surface area (Å²) in [5.41, 5.74) is 1.09. The Labute approximate surface area is 194 Å². The van der Waals surface area contributed by atoms with Gasteiger partial charge in [0.05, 0.1) is 23.9 Å². The van der Waals surface area contributed by atoms with Gasteiger partial charge in [0.2, 0.25) is 5.62 Å². The summed E-state index contributed by atoms with van der Waals surface area (Å²) < 4.78 is 7.28. The van der Waals surface area contributed by atoms with Crippen LogP contribution in [0.1, 0.15) is 30.9 Å². The third kappa shape index (κ3) is 6.23. The van der Waals surface area contributed by atoms with E-state index in [-0.39, 0.29) is 54.9 Å². The minimum atomic E-state index is -0.646. The van der Waals surface area contributed by atoms with Gasteiger partial charge < -0.3 is 9.84 Å². The van der Waals surface area contributed by atoms with Crippen molar-refractivity contribution in [2.24, 2.45) is 4.99 Å². The zero-order valence-corrected chi connectivity index (χ0v) is 19.1. The Hall–Kier alpha value is -3.59. The molecule has 3 aromatic rings. The van der Waals surface area contributed by atoms with E-state index in [1.807, 2.05) is 31.2 Å². The van der Waals surface area contributed by atoms with Crippen molar-refractivity contribution in [2.75, 3.05) is 6.61 Å². The maximum absolute atomic E-state index is 13.3. The molecule has 2 aromatic carbocycles. The SMILES string of the molecule is CCOC(=O)CCCn1c(=O)[nH]/c(=N\c2ccc(O)c(Cl)c2)n(Cc2ccc(C)cc2)c1=O. The van der Waals surface area contributed by atoms with E-state index in [9.17, 15) is 19.5 Å². The molecular weight excluding hydrogens is 448 g/mol.